The van der Waals surface area contributed by atoms with E-state index in [2.05, 4.69) is 15.4 Å². The zero-order chi connectivity index (χ0) is 20.9. The zero-order valence-electron chi connectivity index (χ0n) is 16.7. The van der Waals surface area contributed by atoms with Gasteiger partial charge in [0, 0.05) is 22.9 Å². The van der Waals surface area contributed by atoms with Crippen molar-refractivity contribution >= 4 is 46.0 Å². The summed E-state index contributed by atoms with van der Waals surface area (Å²) in [6.07, 6.45) is 1.76. The molecule has 4 rings (SSSR count). The monoisotopic (exact) mass is 431 g/mol. The van der Waals surface area contributed by atoms with Gasteiger partial charge in [0.25, 0.3) is 5.56 Å². The van der Waals surface area contributed by atoms with E-state index in [-0.39, 0.29) is 29.5 Å². The highest BCUT2D eigenvalue weighted by Gasteiger charge is 2.30. The van der Waals surface area contributed by atoms with Crippen LogP contribution in [0, 0.1) is 6.92 Å². The first-order valence-corrected chi connectivity index (χ1v) is 10.7. The first-order valence-electron chi connectivity index (χ1n) is 9.34. The van der Waals surface area contributed by atoms with Gasteiger partial charge in [0.15, 0.2) is 10.8 Å². The second-order valence-corrected chi connectivity index (χ2v) is 9.63. The van der Waals surface area contributed by atoms with Gasteiger partial charge in [-0.05, 0) is 45.4 Å². The van der Waals surface area contributed by atoms with Gasteiger partial charge >= 0.3 is 0 Å². The molecule has 152 valence electrons. The van der Waals surface area contributed by atoms with Gasteiger partial charge in [0.2, 0.25) is 5.91 Å². The van der Waals surface area contributed by atoms with Crippen LogP contribution < -0.4 is 10.9 Å². The van der Waals surface area contributed by atoms with Crippen molar-refractivity contribution in [2.24, 2.45) is 0 Å². The number of anilines is 1. The number of carbonyl (C=O) groups is 1. The van der Waals surface area contributed by atoms with Crippen LogP contribution in [0.4, 0.5) is 5.69 Å². The third-order valence-electron chi connectivity index (χ3n) is 4.90. The van der Waals surface area contributed by atoms with Crippen LogP contribution in [-0.2, 0) is 10.3 Å². The van der Waals surface area contributed by atoms with E-state index >= 15 is 0 Å². The molecule has 0 spiro atoms. The van der Waals surface area contributed by atoms with Crippen LogP contribution >= 0.6 is 23.4 Å². The molecule has 9 heteroatoms. The number of carbonyl (C=O) groups excluding carboxylic acids is 1. The molecular weight excluding hydrogens is 410 g/mol. The summed E-state index contributed by atoms with van der Waals surface area (Å²) >= 11 is 7.52. The Labute approximate surface area is 177 Å². The van der Waals surface area contributed by atoms with Crippen LogP contribution in [-0.4, -0.2) is 31.0 Å². The van der Waals surface area contributed by atoms with E-state index in [0.29, 0.717) is 32.7 Å². The molecule has 0 bridgehead atoms. The molecular formula is C20H22ClN5O2S. The van der Waals surface area contributed by atoms with Gasteiger partial charge in [-0.2, -0.15) is 5.10 Å². The average Bonchev–Trinajstić information content (AvgIpc) is 3.23. The normalized spacial score (nSPS) is 16.2. The number of hydrogen-bond donors (Lipinski definition) is 1. The number of halogens is 1. The number of fused-ring (bicyclic) bond motifs is 2. The summed E-state index contributed by atoms with van der Waals surface area (Å²) in [5, 5.41) is 8.94. The van der Waals surface area contributed by atoms with Crippen LogP contribution in [0.2, 0.25) is 5.02 Å². The van der Waals surface area contributed by atoms with Crippen molar-refractivity contribution in [2.45, 2.75) is 50.9 Å². The second-order valence-electron chi connectivity index (χ2n) is 8.21. The highest BCUT2D eigenvalue weighted by Crippen LogP contribution is 2.34. The first-order chi connectivity index (χ1) is 13.6. The summed E-state index contributed by atoms with van der Waals surface area (Å²) in [6.45, 7) is 7.96. The predicted octanol–water partition coefficient (Wildman–Crippen LogP) is 3.99. The Bertz CT molecular complexity index is 1180. The average molecular weight is 432 g/mol. The Kier molecular flexibility index (Phi) is 4.94. The molecule has 3 heterocycles. The van der Waals surface area contributed by atoms with Crippen LogP contribution in [0.3, 0.4) is 0 Å². The Morgan fingerprint density at radius 2 is 2.14 bits per heavy atom. The van der Waals surface area contributed by atoms with Gasteiger partial charge in [0.05, 0.1) is 17.8 Å². The number of nitrogens with zero attached hydrogens (tertiary/aromatic N) is 4. The first kappa shape index (κ1) is 20.0. The maximum atomic E-state index is 13.1. The SMILES string of the molecule is Cc1ccc(Cl)cc1NC(=O)CC1CSc2nc3c(cnn3C(C)(C)C)c(=O)n21. The molecule has 7 nitrogen and oxygen atoms in total. The lowest BCUT2D eigenvalue weighted by atomic mass is 10.1. The lowest BCUT2D eigenvalue weighted by molar-refractivity contribution is -0.116. The molecule has 1 amide bonds. The summed E-state index contributed by atoms with van der Waals surface area (Å²) in [7, 11) is 0. The number of amides is 1. The van der Waals surface area contributed by atoms with Gasteiger partial charge in [0.1, 0.15) is 5.39 Å². The van der Waals surface area contributed by atoms with E-state index in [1.165, 1.54) is 11.8 Å². The standard InChI is InChI=1S/C20H22ClN5O2S/c1-11-5-6-12(21)7-15(11)23-16(27)8-13-10-29-19-24-17-14(18(28)25(13)19)9-22-26(17)20(2,3)4/h5-7,9,13H,8,10H2,1-4H3,(H,23,27). The summed E-state index contributed by atoms with van der Waals surface area (Å²) in [6, 6.07) is 5.11. The highest BCUT2D eigenvalue weighted by atomic mass is 35.5. The lowest BCUT2D eigenvalue weighted by Crippen LogP contribution is -2.29. The van der Waals surface area contributed by atoms with E-state index in [1.807, 2.05) is 33.8 Å². The molecule has 0 saturated heterocycles. The van der Waals surface area contributed by atoms with E-state index < -0.39 is 0 Å². The maximum Gasteiger partial charge on any atom is 0.265 e. The van der Waals surface area contributed by atoms with Gasteiger partial charge in [-0.15, -0.1) is 0 Å². The molecule has 1 atom stereocenters. The van der Waals surface area contributed by atoms with Crippen LogP contribution in [0.15, 0.2) is 34.3 Å². The minimum absolute atomic E-state index is 0.151. The minimum atomic E-state index is -0.280. The molecule has 29 heavy (non-hydrogen) atoms. The topological polar surface area (TPSA) is 81.8 Å². The van der Waals surface area contributed by atoms with E-state index in [0.717, 1.165) is 5.56 Å². The van der Waals surface area contributed by atoms with Crippen LogP contribution in [0.1, 0.15) is 38.8 Å². The molecule has 0 radical (unpaired) electrons. The predicted molar refractivity (Wildman–Crippen MR) is 116 cm³/mol. The van der Waals surface area contributed by atoms with E-state index in [1.54, 1.807) is 27.6 Å². The zero-order valence-corrected chi connectivity index (χ0v) is 18.3. The van der Waals surface area contributed by atoms with Crippen LogP contribution in [0.5, 0.6) is 0 Å². The number of nitrogens with one attached hydrogen (secondary N) is 1. The molecule has 1 unspecified atom stereocenters. The number of thioether (sulfide) groups is 1. The second kappa shape index (κ2) is 7.18. The molecule has 3 aromatic rings. The van der Waals surface area contributed by atoms with E-state index in [4.69, 9.17) is 11.6 Å². The molecule has 2 aromatic heterocycles. The van der Waals surface area contributed by atoms with Gasteiger partial charge in [-0.25, -0.2) is 9.67 Å². The Morgan fingerprint density at radius 3 is 2.86 bits per heavy atom. The van der Waals surface area contributed by atoms with Gasteiger partial charge < -0.3 is 5.32 Å². The van der Waals surface area contributed by atoms with Crippen molar-refractivity contribution in [1.82, 2.24) is 19.3 Å². The highest BCUT2D eigenvalue weighted by molar-refractivity contribution is 7.99. The Hall–Kier alpha value is -2.32. The molecule has 0 saturated carbocycles. The minimum Gasteiger partial charge on any atom is -0.326 e. The van der Waals surface area contributed by atoms with Crippen molar-refractivity contribution in [3.05, 3.63) is 45.3 Å². The van der Waals surface area contributed by atoms with Crippen molar-refractivity contribution in [3.8, 4) is 0 Å². The quantitative estimate of drug-likeness (QED) is 0.634. The summed E-state index contributed by atoms with van der Waals surface area (Å²) in [5.41, 5.74) is 1.76. The van der Waals surface area contributed by atoms with Crippen LogP contribution in [0.25, 0.3) is 11.0 Å². The molecule has 1 N–H and O–H groups in total. The lowest BCUT2D eigenvalue weighted by Gasteiger charge is -2.20. The van der Waals surface area contributed by atoms with Crippen molar-refractivity contribution in [2.75, 3.05) is 11.1 Å². The van der Waals surface area contributed by atoms with Crippen molar-refractivity contribution in [1.29, 1.82) is 0 Å². The smallest absolute Gasteiger partial charge is 0.265 e. The van der Waals surface area contributed by atoms with Gasteiger partial charge in [-0.1, -0.05) is 29.4 Å². The summed E-state index contributed by atoms with van der Waals surface area (Å²) < 4.78 is 3.40. The van der Waals surface area contributed by atoms with Gasteiger partial charge in [-0.3, -0.25) is 14.2 Å². The number of rotatable bonds is 3. The fourth-order valence-electron chi connectivity index (χ4n) is 3.42. The van der Waals surface area contributed by atoms with Crippen molar-refractivity contribution < 1.29 is 4.79 Å². The number of aromatic nitrogens is 4. The summed E-state index contributed by atoms with van der Waals surface area (Å²) in [5.74, 6) is 0.464. The molecule has 1 aliphatic heterocycles. The summed E-state index contributed by atoms with van der Waals surface area (Å²) in [4.78, 5) is 30.4. The molecule has 1 aliphatic rings. The van der Waals surface area contributed by atoms with E-state index in [9.17, 15) is 9.59 Å². The number of benzene rings is 1. The molecule has 0 fully saturated rings. The Balaban J connectivity index is 1.62. The largest absolute Gasteiger partial charge is 0.326 e. The molecule has 0 aliphatic carbocycles. The van der Waals surface area contributed by atoms with Crippen molar-refractivity contribution in [3.63, 3.8) is 0 Å². The number of aryl methyl sites for hydroxylation is 1. The Morgan fingerprint density at radius 1 is 1.38 bits per heavy atom. The maximum absolute atomic E-state index is 13.1. The third kappa shape index (κ3) is 3.67. The number of hydrogen-bond acceptors (Lipinski definition) is 5. The fourth-order valence-corrected chi connectivity index (χ4v) is 4.72. The third-order valence-corrected chi connectivity index (χ3v) is 6.23. The molecule has 1 aromatic carbocycles. The fraction of sp³-hybridized carbons (Fsp3) is 0.400.